The summed E-state index contributed by atoms with van der Waals surface area (Å²) in [6.45, 7) is -1.81. The Bertz CT molecular complexity index is 738. The molecule has 0 radical (unpaired) electrons. The largest absolute Gasteiger partial charge is 0.434 e. The number of rotatable bonds is 6. The molecule has 1 atom stereocenters. The maximum atomic E-state index is 14.1. The molecule has 1 aliphatic heterocycles. The molecule has 0 bridgehead atoms. The summed E-state index contributed by atoms with van der Waals surface area (Å²) in [6, 6.07) is 3.84. The summed E-state index contributed by atoms with van der Waals surface area (Å²) in [5.74, 6) is -0.0516. The molecule has 1 aromatic rings. The SMILES string of the molecule is CN=C(NCc1c(F)cccc1OC(F)F)NC1CCN(C(=O)C2CCCC2)C1. The molecule has 2 N–H and O–H groups in total. The second-order valence-electron chi connectivity index (χ2n) is 7.42. The number of nitrogens with one attached hydrogen (secondary N) is 2. The van der Waals surface area contributed by atoms with Crippen molar-refractivity contribution in [2.45, 2.75) is 51.3 Å². The van der Waals surface area contributed by atoms with E-state index in [0.717, 1.165) is 32.1 Å². The average molecular weight is 412 g/mol. The van der Waals surface area contributed by atoms with Gasteiger partial charge in [0.2, 0.25) is 5.91 Å². The van der Waals surface area contributed by atoms with Crippen LogP contribution in [0, 0.1) is 11.7 Å². The van der Waals surface area contributed by atoms with Crippen molar-refractivity contribution in [1.82, 2.24) is 15.5 Å². The van der Waals surface area contributed by atoms with Gasteiger partial charge in [0.05, 0.1) is 0 Å². The van der Waals surface area contributed by atoms with Crippen LogP contribution in [-0.2, 0) is 11.3 Å². The Hall–Kier alpha value is -2.45. The van der Waals surface area contributed by atoms with Gasteiger partial charge < -0.3 is 20.3 Å². The Morgan fingerprint density at radius 2 is 2.07 bits per heavy atom. The van der Waals surface area contributed by atoms with Gasteiger partial charge in [-0.25, -0.2) is 4.39 Å². The Morgan fingerprint density at radius 3 is 2.76 bits per heavy atom. The topological polar surface area (TPSA) is 66.0 Å². The number of alkyl halides is 2. The zero-order chi connectivity index (χ0) is 20.8. The third kappa shape index (κ3) is 5.55. The van der Waals surface area contributed by atoms with Crippen LogP contribution in [0.4, 0.5) is 13.2 Å². The summed E-state index contributed by atoms with van der Waals surface area (Å²) in [4.78, 5) is 18.6. The molecule has 29 heavy (non-hydrogen) atoms. The number of hydrogen-bond acceptors (Lipinski definition) is 3. The molecule has 1 aliphatic carbocycles. The Kier molecular flexibility index (Phi) is 7.22. The number of nitrogens with zero attached hydrogens (tertiary/aromatic N) is 2. The van der Waals surface area contributed by atoms with Crippen LogP contribution in [0.1, 0.15) is 37.7 Å². The lowest BCUT2D eigenvalue weighted by molar-refractivity contribution is -0.134. The quantitative estimate of drug-likeness (QED) is 0.557. The molecular weight excluding hydrogens is 385 g/mol. The van der Waals surface area contributed by atoms with Crippen molar-refractivity contribution < 1.29 is 22.7 Å². The zero-order valence-electron chi connectivity index (χ0n) is 16.5. The number of hydrogen-bond donors (Lipinski definition) is 2. The fraction of sp³-hybridized carbons (Fsp3) is 0.600. The van der Waals surface area contributed by atoms with Crippen LogP contribution < -0.4 is 15.4 Å². The highest BCUT2D eigenvalue weighted by Crippen LogP contribution is 2.28. The van der Waals surface area contributed by atoms with E-state index < -0.39 is 12.4 Å². The lowest BCUT2D eigenvalue weighted by Crippen LogP contribution is -2.45. The van der Waals surface area contributed by atoms with Gasteiger partial charge in [0.1, 0.15) is 11.6 Å². The van der Waals surface area contributed by atoms with Crippen molar-refractivity contribution in [1.29, 1.82) is 0 Å². The van der Waals surface area contributed by atoms with Crippen molar-refractivity contribution >= 4 is 11.9 Å². The summed E-state index contributed by atoms with van der Waals surface area (Å²) in [7, 11) is 1.57. The highest BCUT2D eigenvalue weighted by molar-refractivity contribution is 5.81. The molecule has 2 fully saturated rings. The van der Waals surface area contributed by atoms with Crippen LogP contribution in [-0.4, -0.2) is 49.6 Å². The van der Waals surface area contributed by atoms with Gasteiger partial charge in [-0.2, -0.15) is 8.78 Å². The van der Waals surface area contributed by atoms with Crippen molar-refractivity contribution in [3.63, 3.8) is 0 Å². The number of benzene rings is 1. The third-order valence-corrected chi connectivity index (χ3v) is 5.49. The highest BCUT2D eigenvalue weighted by atomic mass is 19.3. The number of likely N-dealkylation sites (tertiary alicyclic amines) is 1. The molecule has 1 saturated heterocycles. The molecule has 2 aliphatic rings. The molecule has 1 amide bonds. The van der Waals surface area contributed by atoms with E-state index in [1.807, 2.05) is 4.90 Å². The summed E-state index contributed by atoms with van der Waals surface area (Å²) < 4.78 is 43.6. The Balaban J connectivity index is 1.54. The molecule has 6 nitrogen and oxygen atoms in total. The third-order valence-electron chi connectivity index (χ3n) is 5.49. The first-order valence-electron chi connectivity index (χ1n) is 9.96. The monoisotopic (exact) mass is 412 g/mol. The summed E-state index contributed by atoms with van der Waals surface area (Å²) in [5.41, 5.74) is 0.000194. The van der Waals surface area contributed by atoms with E-state index in [9.17, 15) is 18.0 Å². The smallest absolute Gasteiger partial charge is 0.387 e. The van der Waals surface area contributed by atoms with Gasteiger partial charge in [0.15, 0.2) is 5.96 Å². The predicted octanol–water partition coefficient (Wildman–Crippen LogP) is 2.88. The van der Waals surface area contributed by atoms with Crippen molar-refractivity contribution in [2.24, 2.45) is 10.9 Å². The molecule has 3 rings (SSSR count). The van der Waals surface area contributed by atoms with Gasteiger partial charge >= 0.3 is 6.61 Å². The van der Waals surface area contributed by atoms with Crippen LogP contribution in [0.25, 0.3) is 0 Å². The molecular formula is C20H27F3N4O2. The minimum atomic E-state index is -3.03. The van der Waals surface area contributed by atoms with Gasteiger partial charge in [0.25, 0.3) is 0 Å². The number of guanidine groups is 1. The number of aliphatic imine (C=N–C) groups is 1. The highest BCUT2D eigenvalue weighted by Gasteiger charge is 2.32. The normalized spacial score (nSPS) is 20.4. The Morgan fingerprint density at radius 1 is 1.31 bits per heavy atom. The molecule has 1 unspecified atom stereocenters. The van der Waals surface area contributed by atoms with Gasteiger partial charge in [-0.1, -0.05) is 18.9 Å². The Labute approximate surface area is 168 Å². The van der Waals surface area contributed by atoms with Crippen LogP contribution in [0.5, 0.6) is 5.75 Å². The number of carbonyl (C=O) groups excluding carboxylic acids is 1. The number of ether oxygens (including phenoxy) is 1. The van der Waals surface area contributed by atoms with Crippen LogP contribution >= 0.6 is 0 Å². The lowest BCUT2D eigenvalue weighted by Gasteiger charge is -2.21. The first kappa shape index (κ1) is 21.3. The standard InChI is InChI=1S/C20H27F3N4O2/c1-24-20(25-11-15-16(21)7-4-8-17(15)29-19(22)23)26-14-9-10-27(12-14)18(28)13-5-2-3-6-13/h4,7-8,13-14,19H,2-3,5-6,9-12H2,1H3,(H2,24,25,26). The zero-order valence-corrected chi connectivity index (χ0v) is 16.5. The summed E-state index contributed by atoms with van der Waals surface area (Å²) in [6.07, 6.45) is 4.98. The van der Waals surface area contributed by atoms with E-state index in [1.165, 1.54) is 18.2 Å². The van der Waals surface area contributed by atoms with E-state index in [-0.39, 0.29) is 35.7 Å². The molecule has 0 spiro atoms. The second kappa shape index (κ2) is 9.84. The fourth-order valence-electron chi connectivity index (χ4n) is 3.99. The fourth-order valence-corrected chi connectivity index (χ4v) is 3.99. The van der Waals surface area contributed by atoms with Crippen LogP contribution in [0.3, 0.4) is 0 Å². The van der Waals surface area contributed by atoms with Gasteiger partial charge in [-0.15, -0.1) is 0 Å². The van der Waals surface area contributed by atoms with E-state index in [4.69, 9.17) is 0 Å². The number of halogens is 3. The first-order valence-corrected chi connectivity index (χ1v) is 9.96. The van der Waals surface area contributed by atoms with E-state index in [0.29, 0.717) is 19.0 Å². The summed E-state index contributed by atoms with van der Waals surface area (Å²) >= 11 is 0. The predicted molar refractivity (Wildman–Crippen MR) is 103 cm³/mol. The van der Waals surface area contributed by atoms with Crippen molar-refractivity contribution in [2.75, 3.05) is 20.1 Å². The van der Waals surface area contributed by atoms with Gasteiger partial charge in [-0.05, 0) is 31.4 Å². The second-order valence-corrected chi connectivity index (χ2v) is 7.42. The van der Waals surface area contributed by atoms with E-state index in [2.05, 4.69) is 20.4 Å². The number of amides is 1. The number of carbonyl (C=O) groups is 1. The average Bonchev–Trinajstić information content (AvgIpc) is 3.38. The molecule has 1 aromatic carbocycles. The van der Waals surface area contributed by atoms with E-state index in [1.54, 1.807) is 7.05 Å². The van der Waals surface area contributed by atoms with E-state index >= 15 is 0 Å². The van der Waals surface area contributed by atoms with Gasteiger partial charge in [0, 0.05) is 44.2 Å². The molecule has 1 saturated carbocycles. The minimum Gasteiger partial charge on any atom is -0.434 e. The van der Waals surface area contributed by atoms with Crippen molar-refractivity contribution in [3.05, 3.63) is 29.6 Å². The lowest BCUT2D eigenvalue weighted by atomic mass is 10.1. The molecule has 9 heteroatoms. The maximum absolute atomic E-state index is 14.1. The van der Waals surface area contributed by atoms with Crippen molar-refractivity contribution in [3.8, 4) is 5.75 Å². The van der Waals surface area contributed by atoms with Crippen LogP contribution in [0.15, 0.2) is 23.2 Å². The van der Waals surface area contributed by atoms with Crippen LogP contribution in [0.2, 0.25) is 0 Å². The first-order chi connectivity index (χ1) is 14.0. The van der Waals surface area contributed by atoms with Gasteiger partial charge in [-0.3, -0.25) is 9.79 Å². The molecule has 1 heterocycles. The summed E-state index contributed by atoms with van der Waals surface area (Å²) in [5, 5.41) is 6.16. The molecule has 160 valence electrons. The minimum absolute atomic E-state index is 0.000194. The molecule has 0 aromatic heterocycles. The maximum Gasteiger partial charge on any atom is 0.387 e.